The van der Waals surface area contributed by atoms with Crippen LogP contribution in [0.5, 0.6) is 0 Å². The number of benzene rings is 9. The van der Waals surface area contributed by atoms with E-state index in [9.17, 15) is 0 Å². The number of rotatable bonds is 4. The van der Waals surface area contributed by atoms with Crippen LogP contribution >= 0.6 is 0 Å². The molecule has 0 N–H and O–H groups in total. The zero-order chi connectivity index (χ0) is 58.4. The number of hydrogen-bond donors (Lipinski definition) is 0. The third-order valence-corrected chi connectivity index (χ3v) is 15.3. The van der Waals surface area contributed by atoms with E-state index in [2.05, 4.69) is 0 Å². The fraction of sp³-hybridized carbons (Fsp3) is 0. The van der Waals surface area contributed by atoms with Crippen LogP contribution in [0, 0.1) is 0 Å². The van der Waals surface area contributed by atoms with E-state index in [1.54, 1.807) is 0 Å². The minimum atomic E-state index is -0.317. The molecule has 9 aromatic carbocycles. The van der Waals surface area contributed by atoms with E-state index in [1.807, 2.05) is 0 Å². The van der Waals surface area contributed by atoms with E-state index in [0.29, 0.717) is 0 Å². The van der Waals surface area contributed by atoms with Gasteiger partial charge in [0.1, 0.15) is 247 Å². The van der Waals surface area contributed by atoms with Crippen LogP contribution < -0.4 is 164 Å². The molecule has 0 aliphatic rings. The maximum Gasteiger partial charge on any atom is 0.128 e. The van der Waals surface area contributed by atoms with Crippen molar-refractivity contribution >= 4 is 454 Å². The maximum absolute atomic E-state index is 7.30. The summed E-state index contributed by atoms with van der Waals surface area (Å²) in [5.74, 6) is 0. The first-order valence-electron chi connectivity index (χ1n) is 23.1. The van der Waals surface area contributed by atoms with Gasteiger partial charge in [0.2, 0.25) is 0 Å². The van der Waals surface area contributed by atoms with Crippen molar-refractivity contribution in [1.82, 2.24) is 0 Å². The minimum Gasteiger partial charge on any atom is -0.457 e. The Morgan fingerprint density at radius 3 is 0.684 bits per heavy atom. The molecule has 10 rings (SSSR count). The molecule has 10 aromatic rings. The quantitative estimate of drug-likeness (QED) is 0.127. The molecule has 1 nitrogen and oxygen atoms in total. The van der Waals surface area contributed by atoms with Crippen molar-refractivity contribution in [2.45, 2.75) is 0 Å². The Bertz CT molecular complexity index is 4460. The molecule has 0 aliphatic carbocycles. The van der Waals surface area contributed by atoms with Crippen LogP contribution in [0.2, 0.25) is 0 Å². The summed E-state index contributed by atoms with van der Waals surface area (Å²) < 4.78 is 6.39. The average Bonchev–Trinajstić information content (AvgIpc) is 4.02. The Balaban J connectivity index is 1.45. The number of hydrogen-bond acceptors (Lipinski definition) is 1. The topological polar surface area (TPSA) is 13.1 Å². The molecule has 31 heteroatoms. The molecule has 0 unspecified atom stereocenters. The summed E-state index contributed by atoms with van der Waals surface area (Å²) in [6.07, 6.45) is 0. The van der Waals surface area contributed by atoms with E-state index in [1.165, 1.54) is 0 Å². The lowest BCUT2D eigenvalue weighted by atomic mass is 9.54. The second-order valence-corrected chi connectivity index (χ2v) is 19.2. The van der Waals surface area contributed by atoms with Gasteiger partial charge in [0.15, 0.2) is 0 Å². The summed E-state index contributed by atoms with van der Waals surface area (Å²) >= 11 is 0. The fourth-order valence-electron chi connectivity index (χ4n) is 11.0. The van der Waals surface area contributed by atoms with Crippen LogP contribution in [-0.2, 0) is 0 Å². The predicted octanol–water partition coefficient (Wildman–Crippen LogP) is -22.5. The molecule has 0 fully saturated rings. The van der Waals surface area contributed by atoms with Crippen molar-refractivity contribution < 1.29 is 4.42 Å². The van der Waals surface area contributed by atoms with Gasteiger partial charge in [-0.3, -0.25) is 0 Å². The Morgan fingerprint density at radius 2 is 0.316 bits per heavy atom. The highest BCUT2D eigenvalue weighted by atomic mass is 16.3. The Kier molecular flexibility index (Phi) is 14.3. The predicted molar refractivity (Wildman–Crippen MR) is 370 cm³/mol. The fourth-order valence-corrected chi connectivity index (χ4v) is 11.0. The summed E-state index contributed by atoms with van der Waals surface area (Å²) in [6, 6.07) is 0. The smallest absolute Gasteiger partial charge is 0.128 e. The van der Waals surface area contributed by atoms with Gasteiger partial charge >= 0.3 is 0 Å². The molecule has 0 bridgehead atoms. The summed E-state index contributed by atoms with van der Waals surface area (Å²) in [5.41, 5.74) is -6.91. The summed E-state index contributed by atoms with van der Waals surface area (Å²) in [7, 11) is 204. The van der Waals surface area contributed by atoms with E-state index in [0.717, 1.165) is 0 Å². The van der Waals surface area contributed by atoms with Gasteiger partial charge in [-0.1, -0.05) is 92.9 Å². The van der Waals surface area contributed by atoms with Gasteiger partial charge in [-0.25, -0.2) is 0 Å². The lowest BCUT2D eigenvalue weighted by Gasteiger charge is -2.34. The van der Waals surface area contributed by atoms with Gasteiger partial charge in [0.05, 0.1) is 0 Å². The van der Waals surface area contributed by atoms with E-state index in [4.69, 9.17) is 240 Å². The molecule has 0 saturated heterocycles. The van der Waals surface area contributed by atoms with Gasteiger partial charge < -0.3 is 4.42 Å². The van der Waals surface area contributed by atoms with Crippen LogP contribution in [0.15, 0.2) is 4.42 Å². The van der Waals surface area contributed by atoms with Gasteiger partial charge in [0.25, 0.3) is 0 Å². The largest absolute Gasteiger partial charge is 0.457 e. The zero-order valence-corrected chi connectivity index (χ0v) is 41.7. The molecule has 0 amide bonds. The molecule has 60 radical (unpaired) electrons. The van der Waals surface area contributed by atoms with Gasteiger partial charge in [-0.05, 0) is 82.3 Å². The molecule has 288 valence electrons. The van der Waals surface area contributed by atoms with Crippen molar-refractivity contribution in [3.63, 3.8) is 0 Å². The highest BCUT2D eigenvalue weighted by Gasteiger charge is 2.32. The second-order valence-electron chi connectivity index (χ2n) is 19.2. The third-order valence-electron chi connectivity index (χ3n) is 15.3. The van der Waals surface area contributed by atoms with Gasteiger partial charge in [-0.15, -0.1) is 65.6 Å². The van der Waals surface area contributed by atoms with E-state index >= 15 is 0 Å². The van der Waals surface area contributed by atoms with Gasteiger partial charge in [0, 0.05) is 10.8 Å². The van der Waals surface area contributed by atoms with E-state index in [-0.39, 0.29) is 263 Å². The first kappa shape index (κ1) is 57.7. The summed E-state index contributed by atoms with van der Waals surface area (Å²) in [5, 5.41) is 0.0783. The molecule has 0 spiro atoms. The van der Waals surface area contributed by atoms with Crippen LogP contribution in [0.3, 0.4) is 0 Å². The van der Waals surface area contributed by atoms with E-state index < -0.39 is 0 Å². The molecule has 1 heterocycles. The summed E-state index contributed by atoms with van der Waals surface area (Å²) in [6.45, 7) is 0. The molecule has 0 saturated carbocycles. The molecule has 1 aromatic heterocycles. The third kappa shape index (κ3) is 7.52. The first-order chi connectivity index (χ1) is 36.8. The number of fused-ring (bicyclic) bond motifs is 6. The van der Waals surface area contributed by atoms with Crippen molar-refractivity contribution in [2.24, 2.45) is 0 Å². The van der Waals surface area contributed by atoms with Crippen LogP contribution in [0.1, 0.15) is 0 Å². The lowest BCUT2D eigenvalue weighted by molar-refractivity contribution is 0.675. The Morgan fingerprint density at radius 1 is 0.114 bits per heavy atom. The molecule has 79 heavy (non-hydrogen) atoms. The minimum absolute atomic E-state index is 0.0311. The lowest BCUT2D eigenvalue weighted by Crippen LogP contribution is -2.57. The zero-order valence-electron chi connectivity index (χ0n) is 41.7. The van der Waals surface area contributed by atoms with Crippen LogP contribution in [0.4, 0.5) is 0 Å². The highest BCUT2D eigenvalue weighted by Crippen LogP contribution is 2.42. The normalized spacial score (nSPS) is 11.8. The second kappa shape index (κ2) is 19.6. The SMILES string of the molecule is [B]c1c([B])c([B])c(-c2c([B])c([B])c([B])c([B])c2-c2c3c([B])c([B])c([B])c([B])c3c(-c3c([B])c([B])c(-c4c([B])c([B])c([B])c5oc6c([B])c7c([B])c([B])c([B])c([B])c7c([B])c6c45)c([B])c3[B])c3c([B])c([B])c([B])c([B])c23)c([B])c1[B]. The summed E-state index contributed by atoms with van der Waals surface area (Å²) in [4.78, 5) is 0. The molecular formula is C48B30O. The Hall–Kier alpha value is -4.49. The van der Waals surface area contributed by atoms with Crippen molar-refractivity contribution in [1.29, 1.82) is 0 Å². The number of furan rings is 1. The molecule has 0 atom stereocenters. The monoisotopic (exact) mass is 922 g/mol. The van der Waals surface area contributed by atoms with Crippen molar-refractivity contribution in [3.8, 4) is 44.5 Å². The van der Waals surface area contributed by atoms with Gasteiger partial charge in [-0.2, -0.15) is 0 Å². The van der Waals surface area contributed by atoms with Crippen molar-refractivity contribution in [3.05, 3.63) is 0 Å². The standard InChI is InChI=1S/C48B30O/c49-17-14-15(32(64)41(73)40(72)31(14)63)33(65)48-16(17)10-9(24(56)44(76)46(78)47(10)79-48)13-27(59)25(57)11(26(58)28(13)60)2-6-3(18(50)34(66)37(69)21(6)53)1(4-7(2)22(54)38(70)35(67)19(4)51)5-8(23(55)39(71)36(68)20(5)52)12-29(61)42(74)45(77)43(75)30(12)62. The first-order valence-corrected chi connectivity index (χ1v) is 23.1. The highest BCUT2D eigenvalue weighted by molar-refractivity contribution is 6.77. The van der Waals surface area contributed by atoms with Crippen LogP contribution in [0.25, 0.3) is 98.8 Å². The van der Waals surface area contributed by atoms with Crippen molar-refractivity contribution in [2.75, 3.05) is 0 Å². The Labute approximate surface area is 498 Å². The molecular weight excluding hydrogens is 917 g/mol. The van der Waals surface area contributed by atoms with Crippen LogP contribution in [-0.4, -0.2) is 235 Å². The average molecular weight is 917 g/mol. The molecule has 0 aliphatic heterocycles. The maximum atomic E-state index is 7.30.